The van der Waals surface area contributed by atoms with Crippen LogP contribution in [-0.2, 0) is 4.74 Å². The van der Waals surface area contributed by atoms with Crippen LogP contribution in [0.3, 0.4) is 0 Å². The van der Waals surface area contributed by atoms with Gasteiger partial charge in [0.1, 0.15) is 11.9 Å². The van der Waals surface area contributed by atoms with E-state index >= 15 is 0 Å². The van der Waals surface area contributed by atoms with Crippen LogP contribution in [0.4, 0.5) is 0 Å². The van der Waals surface area contributed by atoms with Gasteiger partial charge in [0.25, 0.3) is 0 Å². The van der Waals surface area contributed by atoms with E-state index < -0.39 is 0 Å². The average Bonchev–Trinajstić information content (AvgIpc) is 2.61. The number of rotatable bonds is 5. The predicted octanol–water partition coefficient (Wildman–Crippen LogP) is 3.52. The monoisotopic (exact) mass is 315 g/mol. The number of hydrogen-bond acceptors (Lipinski definition) is 4. The molecule has 1 heterocycles. The van der Waals surface area contributed by atoms with Crippen molar-refractivity contribution in [1.29, 1.82) is 0 Å². The molecule has 4 heteroatoms. The van der Waals surface area contributed by atoms with Gasteiger partial charge in [-0.1, -0.05) is 42.5 Å². The number of morpholine rings is 1. The van der Waals surface area contributed by atoms with Crippen LogP contribution in [0.5, 0.6) is 5.75 Å². The number of benzene rings is 2. The minimum absolute atomic E-state index is 0.0195. The van der Waals surface area contributed by atoms with Gasteiger partial charge >= 0.3 is 0 Å². The van der Waals surface area contributed by atoms with E-state index in [1.54, 1.807) is 11.8 Å². The summed E-state index contributed by atoms with van der Waals surface area (Å²) in [6, 6.07) is 18.5. The topological polar surface area (TPSA) is 30.5 Å². The van der Waals surface area contributed by atoms with Gasteiger partial charge in [0.2, 0.25) is 0 Å². The molecule has 0 saturated carbocycles. The smallest absolute Gasteiger partial charge is 0.151 e. The van der Waals surface area contributed by atoms with E-state index in [4.69, 9.17) is 9.47 Å². The molecular weight excluding hydrogens is 294 g/mol. The molecule has 3 nitrogen and oxygen atoms in total. The molecule has 1 fully saturated rings. The van der Waals surface area contributed by atoms with Gasteiger partial charge in [-0.2, -0.15) is 0 Å². The van der Waals surface area contributed by atoms with Crippen molar-refractivity contribution in [2.24, 2.45) is 0 Å². The minimum Gasteiger partial charge on any atom is -0.482 e. The van der Waals surface area contributed by atoms with Crippen LogP contribution >= 0.6 is 11.8 Å². The van der Waals surface area contributed by atoms with Crippen LogP contribution < -0.4 is 10.1 Å². The highest BCUT2D eigenvalue weighted by Gasteiger charge is 2.28. The molecule has 2 aromatic carbocycles. The fourth-order valence-electron chi connectivity index (χ4n) is 2.63. The van der Waals surface area contributed by atoms with E-state index in [-0.39, 0.29) is 12.2 Å². The standard InChI is InChI=1S/C18H21NO2S/c1-22-17-10-6-5-9-15(17)21-18(14-7-3-2-4-8-14)16-13-19-11-12-20-16/h2-10,16,18-19H,11-13H2,1H3/t16?,18-/m0/s1. The fourth-order valence-corrected chi connectivity index (χ4v) is 3.17. The van der Waals surface area contributed by atoms with Crippen molar-refractivity contribution in [3.8, 4) is 5.75 Å². The van der Waals surface area contributed by atoms with Crippen molar-refractivity contribution in [3.63, 3.8) is 0 Å². The minimum atomic E-state index is -0.109. The molecule has 116 valence electrons. The zero-order valence-electron chi connectivity index (χ0n) is 12.7. The highest BCUT2D eigenvalue weighted by Crippen LogP contribution is 2.33. The van der Waals surface area contributed by atoms with Gasteiger partial charge in [0.05, 0.1) is 6.61 Å². The first kappa shape index (κ1) is 15.4. The molecule has 1 N–H and O–H groups in total. The summed E-state index contributed by atoms with van der Waals surface area (Å²) in [4.78, 5) is 1.15. The molecule has 1 unspecified atom stereocenters. The molecule has 1 aliphatic rings. The lowest BCUT2D eigenvalue weighted by atomic mass is 10.0. The molecule has 1 saturated heterocycles. The summed E-state index contributed by atoms with van der Waals surface area (Å²) in [5, 5.41) is 3.39. The maximum absolute atomic E-state index is 6.38. The second-order valence-corrected chi connectivity index (χ2v) is 6.06. The normalized spacial score (nSPS) is 19.6. The third kappa shape index (κ3) is 3.64. The molecule has 3 rings (SSSR count). The Morgan fingerprint density at radius 3 is 2.64 bits per heavy atom. The molecule has 0 amide bonds. The summed E-state index contributed by atoms with van der Waals surface area (Å²) in [5.74, 6) is 0.915. The van der Waals surface area contributed by atoms with Crippen molar-refractivity contribution in [3.05, 3.63) is 60.2 Å². The second kappa shape index (κ2) is 7.68. The van der Waals surface area contributed by atoms with Gasteiger partial charge in [-0.15, -0.1) is 11.8 Å². The Morgan fingerprint density at radius 1 is 1.14 bits per heavy atom. The number of nitrogens with one attached hydrogen (secondary N) is 1. The van der Waals surface area contributed by atoms with Crippen molar-refractivity contribution < 1.29 is 9.47 Å². The Bertz CT molecular complexity index is 585. The summed E-state index contributed by atoms with van der Waals surface area (Å²) in [5.41, 5.74) is 1.15. The van der Waals surface area contributed by atoms with Crippen LogP contribution in [0.15, 0.2) is 59.5 Å². The van der Waals surface area contributed by atoms with Crippen molar-refractivity contribution in [2.45, 2.75) is 17.1 Å². The molecule has 0 aliphatic carbocycles. The van der Waals surface area contributed by atoms with Crippen LogP contribution in [0, 0.1) is 0 Å². The van der Waals surface area contributed by atoms with Crippen LogP contribution in [0.2, 0.25) is 0 Å². The summed E-state index contributed by atoms with van der Waals surface area (Å²) < 4.78 is 12.3. The molecule has 22 heavy (non-hydrogen) atoms. The lowest BCUT2D eigenvalue weighted by Gasteiger charge is -2.32. The summed E-state index contributed by atoms with van der Waals surface area (Å²) in [6.45, 7) is 2.43. The molecule has 0 radical (unpaired) electrons. The van der Waals surface area contributed by atoms with Crippen molar-refractivity contribution >= 4 is 11.8 Å². The van der Waals surface area contributed by atoms with E-state index in [1.165, 1.54) is 0 Å². The van der Waals surface area contributed by atoms with Gasteiger partial charge in [0.15, 0.2) is 6.10 Å². The Morgan fingerprint density at radius 2 is 1.91 bits per heavy atom. The van der Waals surface area contributed by atoms with Crippen LogP contribution in [0.25, 0.3) is 0 Å². The lowest BCUT2D eigenvalue weighted by molar-refractivity contribution is -0.0440. The van der Waals surface area contributed by atoms with E-state index in [9.17, 15) is 0 Å². The Balaban J connectivity index is 1.88. The number of hydrogen-bond donors (Lipinski definition) is 1. The third-order valence-electron chi connectivity index (χ3n) is 3.75. The van der Waals surface area contributed by atoms with E-state index in [0.29, 0.717) is 0 Å². The molecule has 0 spiro atoms. The second-order valence-electron chi connectivity index (χ2n) is 5.21. The number of para-hydroxylation sites is 1. The largest absolute Gasteiger partial charge is 0.482 e. The zero-order valence-corrected chi connectivity index (χ0v) is 13.5. The van der Waals surface area contributed by atoms with Crippen molar-refractivity contribution in [2.75, 3.05) is 26.0 Å². The molecule has 2 aromatic rings. The van der Waals surface area contributed by atoms with E-state index in [0.717, 1.165) is 35.9 Å². The molecule has 0 bridgehead atoms. The maximum Gasteiger partial charge on any atom is 0.151 e. The van der Waals surface area contributed by atoms with Crippen LogP contribution in [0.1, 0.15) is 11.7 Å². The van der Waals surface area contributed by atoms with Gasteiger partial charge in [-0.05, 0) is 24.0 Å². The number of thioether (sulfide) groups is 1. The Labute approximate surface area is 136 Å². The predicted molar refractivity (Wildman–Crippen MR) is 90.6 cm³/mol. The third-order valence-corrected chi connectivity index (χ3v) is 4.52. The van der Waals surface area contributed by atoms with Gasteiger partial charge in [-0.25, -0.2) is 0 Å². The Hall–Kier alpha value is -1.49. The summed E-state index contributed by atoms with van der Waals surface area (Å²) in [6.07, 6.45) is 1.98. The molecular formula is C18H21NO2S. The molecule has 2 atom stereocenters. The number of ether oxygens (including phenoxy) is 2. The highest BCUT2D eigenvalue weighted by molar-refractivity contribution is 7.98. The van der Waals surface area contributed by atoms with Gasteiger partial charge in [-0.3, -0.25) is 0 Å². The van der Waals surface area contributed by atoms with Crippen LogP contribution in [-0.4, -0.2) is 32.1 Å². The summed E-state index contributed by atoms with van der Waals surface area (Å²) >= 11 is 1.70. The quantitative estimate of drug-likeness (QED) is 0.855. The molecule has 0 aromatic heterocycles. The maximum atomic E-state index is 6.38. The molecule has 1 aliphatic heterocycles. The van der Waals surface area contributed by atoms with Gasteiger partial charge in [0, 0.05) is 18.0 Å². The average molecular weight is 315 g/mol. The summed E-state index contributed by atoms with van der Waals surface area (Å²) in [7, 11) is 0. The van der Waals surface area contributed by atoms with E-state index in [2.05, 4.69) is 29.8 Å². The lowest BCUT2D eigenvalue weighted by Crippen LogP contribution is -2.43. The highest BCUT2D eigenvalue weighted by atomic mass is 32.2. The van der Waals surface area contributed by atoms with E-state index in [1.807, 2.05) is 36.4 Å². The zero-order chi connectivity index (χ0) is 15.2. The first-order valence-electron chi connectivity index (χ1n) is 7.55. The Kier molecular flexibility index (Phi) is 5.38. The van der Waals surface area contributed by atoms with Gasteiger partial charge < -0.3 is 14.8 Å². The van der Waals surface area contributed by atoms with Crippen molar-refractivity contribution in [1.82, 2.24) is 5.32 Å². The first-order valence-corrected chi connectivity index (χ1v) is 8.78. The SMILES string of the molecule is CSc1ccccc1O[C@@H](c1ccccc1)C1CNCCO1. The first-order chi connectivity index (χ1) is 10.9. The fraction of sp³-hybridized carbons (Fsp3) is 0.333.